The van der Waals surface area contributed by atoms with Crippen LogP contribution in [-0.4, -0.2) is 64.1 Å². The Bertz CT molecular complexity index is 1630. The number of carbonyl (C=O) groups is 2. The summed E-state index contributed by atoms with van der Waals surface area (Å²) in [5, 5.41) is 1.06. The van der Waals surface area contributed by atoms with Gasteiger partial charge in [0, 0.05) is 56.6 Å². The van der Waals surface area contributed by atoms with Gasteiger partial charge in [-0.3, -0.25) is 19.2 Å². The van der Waals surface area contributed by atoms with Gasteiger partial charge in [0.15, 0.2) is 17.5 Å². The molecule has 0 saturated carbocycles. The summed E-state index contributed by atoms with van der Waals surface area (Å²) in [7, 11) is 1.73. The van der Waals surface area contributed by atoms with E-state index < -0.39 is 23.6 Å². The highest BCUT2D eigenvalue weighted by Crippen LogP contribution is 2.35. The Morgan fingerprint density at radius 3 is 2.73 bits per heavy atom. The van der Waals surface area contributed by atoms with Crippen molar-refractivity contribution in [2.24, 2.45) is 0 Å². The number of halogens is 2. The highest BCUT2D eigenvalue weighted by Gasteiger charge is 2.34. The van der Waals surface area contributed by atoms with Crippen molar-refractivity contribution < 1.29 is 27.5 Å². The van der Waals surface area contributed by atoms with E-state index in [1.807, 2.05) is 35.8 Å². The Hall–Kier alpha value is -4.25. The number of anilines is 1. The summed E-state index contributed by atoms with van der Waals surface area (Å²) in [4.78, 5) is 37.3. The van der Waals surface area contributed by atoms with Crippen molar-refractivity contribution in [3.05, 3.63) is 77.3 Å². The normalized spacial score (nSPS) is 16.7. The van der Waals surface area contributed by atoms with Gasteiger partial charge < -0.3 is 14.1 Å². The third kappa shape index (κ3) is 6.06. The zero-order valence-electron chi connectivity index (χ0n) is 25.1. The molecule has 2 aliphatic rings. The number of benzene rings is 2. The van der Waals surface area contributed by atoms with Crippen LogP contribution in [0.4, 0.5) is 19.4 Å². The number of nitrogens with zero attached hydrogens (tertiary/aromatic N) is 5. The Balaban J connectivity index is 1.21. The lowest BCUT2D eigenvalue weighted by Crippen LogP contribution is -2.41. The predicted octanol–water partition coefficient (Wildman–Crippen LogP) is 6.40. The number of carbonyl (C=O) groups excluding carboxylic acids is 2. The molecule has 0 N–H and O–H groups in total. The maximum Gasteiger partial charge on any atom is 0.416 e. The maximum atomic E-state index is 14.1. The van der Waals surface area contributed by atoms with Gasteiger partial charge in [0.1, 0.15) is 17.2 Å². The van der Waals surface area contributed by atoms with Crippen LogP contribution in [-0.2, 0) is 19.5 Å². The van der Waals surface area contributed by atoms with Gasteiger partial charge in [0.05, 0.1) is 6.54 Å². The van der Waals surface area contributed by atoms with E-state index in [0.717, 1.165) is 66.9 Å². The number of para-hydroxylation sites is 1. The first-order valence-corrected chi connectivity index (χ1v) is 15.3. The smallest absolute Gasteiger partial charge is 0.416 e. The number of fused-ring (bicyclic) bond motifs is 2. The molecule has 4 aromatic rings. The van der Waals surface area contributed by atoms with E-state index in [9.17, 15) is 18.4 Å². The van der Waals surface area contributed by atoms with Gasteiger partial charge in [0.25, 0.3) is 5.91 Å². The molecule has 0 bridgehead atoms. The fourth-order valence-electron chi connectivity index (χ4n) is 6.04. The summed E-state index contributed by atoms with van der Waals surface area (Å²) >= 11 is 0. The summed E-state index contributed by atoms with van der Waals surface area (Å²) < 4.78 is 41.7. The average Bonchev–Trinajstić information content (AvgIpc) is 3.75. The van der Waals surface area contributed by atoms with E-state index in [1.165, 1.54) is 11.0 Å². The monoisotopic (exact) mass is 605 g/mol. The van der Waals surface area contributed by atoms with E-state index in [-0.39, 0.29) is 29.8 Å². The predicted molar refractivity (Wildman–Crippen MR) is 162 cm³/mol. The molecular formula is C33H37F2N5O4. The first-order chi connectivity index (χ1) is 21.3. The molecule has 1 atom stereocenters. The van der Waals surface area contributed by atoms with Gasteiger partial charge in [0.2, 0.25) is 5.88 Å². The van der Waals surface area contributed by atoms with Crippen molar-refractivity contribution in [2.45, 2.75) is 64.6 Å². The summed E-state index contributed by atoms with van der Waals surface area (Å²) in [6.45, 7) is 4.99. The third-order valence-corrected chi connectivity index (χ3v) is 8.54. The molecule has 2 amide bonds. The van der Waals surface area contributed by atoms with E-state index in [1.54, 1.807) is 11.9 Å². The summed E-state index contributed by atoms with van der Waals surface area (Å²) in [5.41, 5.74) is 0.853. The topological polar surface area (TPSA) is 84.0 Å². The number of ether oxygens (including phenoxy) is 1. The first kappa shape index (κ1) is 29.8. The zero-order chi connectivity index (χ0) is 30.8. The van der Waals surface area contributed by atoms with Crippen LogP contribution >= 0.6 is 0 Å². The number of aryl methyl sites for hydroxylation is 1. The minimum Gasteiger partial charge on any atom is -0.460 e. The molecule has 232 valence electrons. The molecule has 2 aromatic heterocycles. The van der Waals surface area contributed by atoms with Crippen LogP contribution in [0.3, 0.4) is 0 Å². The van der Waals surface area contributed by atoms with Crippen LogP contribution in [0.15, 0.2) is 52.9 Å². The Kier molecular flexibility index (Phi) is 8.65. The van der Waals surface area contributed by atoms with Crippen LogP contribution in [0.5, 0.6) is 5.88 Å². The lowest BCUT2D eigenvalue weighted by molar-refractivity contribution is 0.0983. The number of unbranched alkanes of at least 4 members (excludes halogenated alkanes) is 1. The van der Waals surface area contributed by atoms with Crippen molar-refractivity contribution in [2.75, 3.05) is 31.6 Å². The average molecular weight is 606 g/mol. The molecule has 0 spiro atoms. The Morgan fingerprint density at radius 1 is 1.09 bits per heavy atom. The molecule has 2 aliphatic heterocycles. The van der Waals surface area contributed by atoms with Crippen molar-refractivity contribution in [1.82, 2.24) is 19.4 Å². The fraction of sp³-hybridized carbons (Fsp3) is 0.424. The van der Waals surface area contributed by atoms with Gasteiger partial charge in [-0.1, -0.05) is 31.5 Å². The second-order valence-electron chi connectivity index (χ2n) is 11.6. The molecule has 0 aliphatic carbocycles. The SMILES string of the molecule is CCCCN(C(=O)c1ccc(F)c(F)c1)c1nc2n(c1OC(=O)N(C)C1CCN(Cc3cc4ccccc4o3)C1)CCCC2. The Labute approximate surface area is 255 Å². The standard InChI is InChI=1S/C33H37F2N5O4/c1-3-4-15-40(31(41)23-12-13-26(34)27(35)19-23)30-32(39-16-8-7-11-29(39)36-30)44-33(42)37(2)24-14-17-38(20-24)21-25-18-22-9-5-6-10-28(22)43-25/h5-6,9-10,12-13,18-19,24H,3-4,7-8,11,14-17,20-21H2,1-2H3. The van der Waals surface area contributed by atoms with Crippen molar-refractivity contribution in [1.29, 1.82) is 0 Å². The molecule has 2 aromatic carbocycles. The van der Waals surface area contributed by atoms with Gasteiger partial charge in [-0.15, -0.1) is 0 Å². The number of imidazole rings is 1. The minimum atomic E-state index is -1.10. The van der Waals surface area contributed by atoms with Crippen LogP contribution in [0.1, 0.15) is 61.0 Å². The number of likely N-dealkylation sites (tertiary alicyclic amines) is 1. The summed E-state index contributed by atoms with van der Waals surface area (Å²) in [6, 6.07) is 13.0. The summed E-state index contributed by atoms with van der Waals surface area (Å²) in [5.74, 6) is -0.616. The van der Waals surface area contributed by atoms with Gasteiger partial charge >= 0.3 is 6.09 Å². The number of furan rings is 1. The number of amides is 2. The molecule has 6 rings (SSSR count). The van der Waals surface area contributed by atoms with Crippen LogP contribution < -0.4 is 9.64 Å². The highest BCUT2D eigenvalue weighted by molar-refractivity contribution is 6.06. The molecular weight excluding hydrogens is 568 g/mol. The van der Waals surface area contributed by atoms with Crippen molar-refractivity contribution in [3.8, 4) is 5.88 Å². The number of aromatic nitrogens is 2. The summed E-state index contributed by atoms with van der Waals surface area (Å²) in [6.07, 6.45) is 4.17. The van der Waals surface area contributed by atoms with Crippen molar-refractivity contribution >= 4 is 28.8 Å². The Morgan fingerprint density at radius 2 is 1.93 bits per heavy atom. The highest BCUT2D eigenvalue weighted by atomic mass is 19.2. The lowest BCUT2D eigenvalue weighted by Gasteiger charge is -2.26. The molecule has 0 radical (unpaired) electrons. The number of likely N-dealkylation sites (N-methyl/N-ethyl adjacent to an activating group) is 1. The third-order valence-electron chi connectivity index (χ3n) is 8.54. The first-order valence-electron chi connectivity index (χ1n) is 15.3. The van der Waals surface area contributed by atoms with E-state index in [0.29, 0.717) is 32.5 Å². The number of hydrogen-bond acceptors (Lipinski definition) is 6. The van der Waals surface area contributed by atoms with E-state index in [2.05, 4.69) is 11.0 Å². The molecule has 1 unspecified atom stereocenters. The lowest BCUT2D eigenvalue weighted by atomic mass is 10.1. The quantitative estimate of drug-likeness (QED) is 0.220. The van der Waals surface area contributed by atoms with Crippen LogP contribution in [0.25, 0.3) is 11.0 Å². The van der Waals surface area contributed by atoms with Crippen LogP contribution in [0.2, 0.25) is 0 Å². The maximum absolute atomic E-state index is 14.1. The van der Waals surface area contributed by atoms with E-state index >= 15 is 0 Å². The van der Waals surface area contributed by atoms with E-state index in [4.69, 9.17) is 14.1 Å². The molecule has 1 fully saturated rings. The molecule has 11 heteroatoms. The number of hydrogen-bond donors (Lipinski definition) is 0. The zero-order valence-corrected chi connectivity index (χ0v) is 25.1. The van der Waals surface area contributed by atoms with Gasteiger partial charge in [-0.25, -0.2) is 18.6 Å². The van der Waals surface area contributed by atoms with Crippen molar-refractivity contribution in [3.63, 3.8) is 0 Å². The second-order valence-corrected chi connectivity index (χ2v) is 11.6. The number of rotatable bonds is 9. The largest absolute Gasteiger partial charge is 0.460 e. The van der Waals surface area contributed by atoms with Crippen LogP contribution in [0, 0.1) is 11.6 Å². The minimum absolute atomic E-state index is 0.00382. The molecule has 4 heterocycles. The fourth-order valence-corrected chi connectivity index (χ4v) is 6.04. The van der Waals surface area contributed by atoms with Gasteiger partial charge in [-0.2, -0.15) is 0 Å². The molecule has 44 heavy (non-hydrogen) atoms. The molecule has 1 saturated heterocycles. The second kappa shape index (κ2) is 12.8. The van der Waals surface area contributed by atoms with Gasteiger partial charge in [-0.05, 0) is 56.0 Å². The molecule has 9 nitrogen and oxygen atoms in total.